The lowest BCUT2D eigenvalue weighted by atomic mass is 9.80. The van der Waals surface area contributed by atoms with Gasteiger partial charge in [-0.15, -0.1) is 5.10 Å². The van der Waals surface area contributed by atoms with Crippen LogP contribution in [0, 0.1) is 5.92 Å². The van der Waals surface area contributed by atoms with E-state index in [0.29, 0.717) is 94.7 Å². The number of likely N-dealkylation sites (tertiary alicyclic amines) is 1. The topological polar surface area (TPSA) is 332 Å². The maximum absolute atomic E-state index is 13.9. The summed E-state index contributed by atoms with van der Waals surface area (Å²) >= 11 is 0. The Morgan fingerprint density at radius 3 is 2.02 bits per heavy atom. The minimum atomic E-state index is -5.35. The van der Waals surface area contributed by atoms with Crippen LogP contribution < -0.4 is 35.9 Å². The minimum Gasteiger partial charge on any atom is -0.497 e. The fourth-order valence-electron chi connectivity index (χ4n) is 10.8. The number of anilines is 2. The van der Waals surface area contributed by atoms with Gasteiger partial charge in [0.25, 0.3) is 11.5 Å². The van der Waals surface area contributed by atoms with Gasteiger partial charge in [-0.05, 0) is 104 Å². The first-order valence-electron chi connectivity index (χ1n) is 32.0. The number of aryl methyl sites for hydroxylation is 2. The normalized spacial score (nSPS) is 14.2. The Morgan fingerprint density at radius 2 is 1.40 bits per heavy atom. The fourth-order valence-corrected chi connectivity index (χ4v) is 10.8. The van der Waals surface area contributed by atoms with Crippen molar-refractivity contribution in [1.29, 1.82) is 0 Å². The molecule has 27 nitrogen and oxygen atoms in total. The van der Waals surface area contributed by atoms with Crippen molar-refractivity contribution in [2.75, 3.05) is 90.9 Å². The van der Waals surface area contributed by atoms with Crippen LogP contribution in [0.3, 0.4) is 0 Å². The zero-order valence-electron chi connectivity index (χ0n) is 55.1. The molecule has 5 amide bonds. The number of β-amino-alcohol motifs (C(OH)–C–C–N with tert-alkyl or cyclic N) is 1. The van der Waals surface area contributed by atoms with Crippen molar-refractivity contribution in [3.63, 3.8) is 0 Å². The number of methoxy groups -OCH3 is 3. The van der Waals surface area contributed by atoms with Crippen molar-refractivity contribution in [3.8, 4) is 11.5 Å². The van der Waals surface area contributed by atoms with Gasteiger partial charge in [0, 0.05) is 69.1 Å². The Balaban J connectivity index is 0.674. The van der Waals surface area contributed by atoms with Crippen molar-refractivity contribution >= 4 is 58.3 Å². The highest BCUT2D eigenvalue weighted by atomic mass is 19.4. The molecular formula is C68H81F3N12O15. The van der Waals surface area contributed by atoms with Crippen LogP contribution in [0.1, 0.15) is 97.2 Å². The molecule has 8 rings (SSSR count). The molecule has 7 aromatic rings. The van der Waals surface area contributed by atoms with Crippen LogP contribution in [0.15, 0.2) is 120 Å². The monoisotopic (exact) mass is 1360 g/mol. The molecule has 4 heterocycles. The molecule has 3 aromatic heterocycles. The van der Waals surface area contributed by atoms with Crippen molar-refractivity contribution in [2.45, 2.75) is 108 Å². The number of aliphatic hydroxyl groups is 1. The van der Waals surface area contributed by atoms with Crippen LogP contribution >= 0.6 is 0 Å². The number of hydrogen-bond acceptors (Lipinski definition) is 20. The van der Waals surface area contributed by atoms with E-state index in [9.17, 15) is 51.8 Å². The molecule has 1 fully saturated rings. The Morgan fingerprint density at radius 1 is 0.765 bits per heavy atom. The summed E-state index contributed by atoms with van der Waals surface area (Å²) in [5.74, 6) is -4.18. The molecule has 30 heteroatoms. The summed E-state index contributed by atoms with van der Waals surface area (Å²) in [6.45, 7) is 5.76. The summed E-state index contributed by atoms with van der Waals surface area (Å²) in [6, 6.07) is 28.2. The first kappa shape index (κ1) is 74.0. The summed E-state index contributed by atoms with van der Waals surface area (Å²) in [5.41, 5.74) is 0.223. The Kier molecular flexibility index (Phi) is 27.2. The molecule has 524 valence electrons. The summed E-state index contributed by atoms with van der Waals surface area (Å²) < 4.78 is 83.2. The number of aromatic nitrogens is 7. The Bertz CT molecular complexity index is 3780. The average molecular weight is 1360 g/mol. The number of hydrogen-bond donors (Lipinski definition) is 5. The molecular weight excluding hydrogens is 1280 g/mol. The van der Waals surface area contributed by atoms with Crippen LogP contribution in [-0.2, 0) is 72.8 Å². The first-order valence-corrected chi connectivity index (χ1v) is 32.0. The van der Waals surface area contributed by atoms with Gasteiger partial charge in [0.1, 0.15) is 23.1 Å². The number of carbonyl (C=O) groups excluding carboxylic acids is 6. The van der Waals surface area contributed by atoms with E-state index in [-0.39, 0.29) is 85.0 Å². The van der Waals surface area contributed by atoms with Gasteiger partial charge >= 0.3 is 18.1 Å². The van der Waals surface area contributed by atoms with E-state index >= 15 is 0 Å². The summed E-state index contributed by atoms with van der Waals surface area (Å²) in [6.07, 6.45) is -0.631. The largest absolute Gasteiger partial charge is 0.497 e. The number of fused-ring (bicyclic) bond motifs is 1. The lowest BCUT2D eigenvalue weighted by Crippen LogP contribution is -2.42. The highest BCUT2D eigenvalue weighted by molar-refractivity contribution is 6.00. The number of aromatic amines is 1. The van der Waals surface area contributed by atoms with Crippen LogP contribution in [0.2, 0.25) is 0 Å². The number of halogens is 3. The SMILES string of the molecule is COC(=O)[C@H](CCC(=O)NCCCOCCOCCOCCCn1cc(CCCC(=O)N2C[C@H](O)C[C@H]2COC(c2ccccc2)(c2ccc(OC)cc2)c2ccc(OC)cc2)nn1)NC(=O)c1ccc(N(Cc2cnc3nc(NC(=O)C(C)C)[nH]c(=O)c3n2)C(=O)C(F)(F)F)cc1. The Hall–Kier alpha value is -9.75. The van der Waals surface area contributed by atoms with E-state index in [1.54, 1.807) is 37.6 Å². The molecule has 98 heavy (non-hydrogen) atoms. The molecule has 1 aliphatic heterocycles. The number of amides is 5. The molecule has 0 aliphatic carbocycles. The number of esters is 1. The quantitative estimate of drug-likeness (QED) is 0.0169. The van der Waals surface area contributed by atoms with Crippen LogP contribution in [0.25, 0.3) is 11.2 Å². The molecule has 4 aromatic carbocycles. The molecule has 5 N–H and O–H groups in total. The van der Waals surface area contributed by atoms with E-state index in [1.165, 1.54) is 0 Å². The zero-order chi connectivity index (χ0) is 70.2. The Labute approximate surface area is 563 Å². The van der Waals surface area contributed by atoms with E-state index in [4.69, 9.17) is 33.2 Å². The molecule has 0 radical (unpaired) electrons. The van der Waals surface area contributed by atoms with Gasteiger partial charge in [-0.1, -0.05) is 73.7 Å². The van der Waals surface area contributed by atoms with Crippen molar-refractivity contribution in [2.24, 2.45) is 5.92 Å². The smallest absolute Gasteiger partial charge is 0.471 e. The number of H-pyrrole nitrogens is 1. The highest BCUT2D eigenvalue weighted by Gasteiger charge is 2.44. The number of nitrogens with zero attached hydrogens (tertiary/aromatic N) is 8. The summed E-state index contributed by atoms with van der Waals surface area (Å²) in [7, 11) is 4.33. The number of carbonyl (C=O) groups is 6. The van der Waals surface area contributed by atoms with Crippen LogP contribution in [-0.4, -0.2) is 185 Å². The van der Waals surface area contributed by atoms with Gasteiger partial charge in [-0.3, -0.25) is 48.6 Å². The van der Waals surface area contributed by atoms with Crippen molar-refractivity contribution < 1.29 is 80.2 Å². The molecule has 0 saturated carbocycles. The van der Waals surface area contributed by atoms with Crippen LogP contribution in [0.5, 0.6) is 11.5 Å². The van der Waals surface area contributed by atoms with Gasteiger partial charge in [-0.25, -0.2) is 14.8 Å². The van der Waals surface area contributed by atoms with Gasteiger partial charge in [0.2, 0.25) is 23.7 Å². The molecule has 0 bridgehead atoms. The summed E-state index contributed by atoms with van der Waals surface area (Å²) in [4.78, 5) is 107. The third-order valence-corrected chi connectivity index (χ3v) is 15.9. The second-order valence-corrected chi connectivity index (χ2v) is 23.2. The van der Waals surface area contributed by atoms with E-state index in [1.807, 2.05) is 85.1 Å². The molecule has 3 atom stereocenters. The van der Waals surface area contributed by atoms with E-state index in [2.05, 4.69) is 46.2 Å². The number of alkyl halides is 3. The zero-order valence-corrected chi connectivity index (χ0v) is 55.1. The van der Waals surface area contributed by atoms with Gasteiger partial charge in [-0.2, -0.15) is 18.2 Å². The third-order valence-electron chi connectivity index (χ3n) is 15.9. The maximum atomic E-state index is 13.9. The molecule has 1 aliphatic rings. The van der Waals surface area contributed by atoms with Crippen molar-refractivity contribution in [3.05, 3.63) is 160 Å². The van der Waals surface area contributed by atoms with Crippen molar-refractivity contribution in [1.82, 2.24) is 50.5 Å². The van der Waals surface area contributed by atoms with Gasteiger partial charge < -0.3 is 53.8 Å². The van der Waals surface area contributed by atoms with Gasteiger partial charge in [0.05, 0.1) is 90.6 Å². The average Bonchev–Trinajstić information content (AvgIpc) is 0.831. The molecule has 0 unspecified atom stereocenters. The van der Waals surface area contributed by atoms with E-state index < -0.39 is 71.5 Å². The lowest BCUT2D eigenvalue weighted by molar-refractivity contribution is -0.170. The minimum absolute atomic E-state index is 0.0733. The lowest BCUT2D eigenvalue weighted by Gasteiger charge is -2.38. The molecule has 1 saturated heterocycles. The number of nitrogens with one attached hydrogen (secondary N) is 4. The van der Waals surface area contributed by atoms with Gasteiger partial charge in [0.15, 0.2) is 11.2 Å². The number of benzene rings is 4. The van der Waals surface area contributed by atoms with Crippen LogP contribution in [0.4, 0.5) is 24.8 Å². The number of rotatable bonds is 37. The standard InChI is InChI=1S/C68H81F3N12O15/c1-44(2)61(87)77-66-76-60-59(63(89)78-66)74-50(39-73-60)41-83(65(91)68(69,70)71)51-22-16-45(17-23-51)62(88)75-56(64(90)94-5)28-29-57(85)72-30-10-32-95-34-36-97-37-35-96-33-11-31-81-40-49(79-80-81)14-9-15-58(86)82-42-53(84)38-52(82)43-98-67(46-12-7-6-8-13-46,47-18-24-54(92-3)25-19-47)48-20-26-55(93-4)27-21-48/h6-8,12-13,16-27,39-40,44,52-53,56,84H,9-11,14-15,28-38,41-43H2,1-5H3,(H,72,85)(H,75,88)(H2,73,76,77,78,87,89)/t52-,53+,56-/m0/s1. The molecule has 0 spiro atoms. The second-order valence-electron chi connectivity index (χ2n) is 23.2. The third kappa shape index (κ3) is 20.6. The highest BCUT2D eigenvalue weighted by Crippen LogP contribution is 2.42. The van der Waals surface area contributed by atoms with E-state index in [0.717, 1.165) is 60.0 Å². The predicted octanol–water partition coefficient (Wildman–Crippen LogP) is 6.00. The summed E-state index contributed by atoms with van der Waals surface area (Å²) in [5, 5.41) is 27.1. The second kappa shape index (κ2) is 36.0. The number of ether oxygens (including phenoxy) is 7. The number of aliphatic hydroxyl groups excluding tert-OH is 1. The maximum Gasteiger partial charge on any atom is 0.471 e. The first-order chi connectivity index (χ1) is 47.2. The predicted molar refractivity (Wildman–Crippen MR) is 350 cm³/mol. The fraction of sp³-hybridized carbons (Fsp3) is 0.441.